The van der Waals surface area contributed by atoms with Crippen LogP contribution < -0.4 is 5.32 Å². The number of aliphatic hydroxyl groups is 1. The highest BCUT2D eigenvalue weighted by molar-refractivity contribution is 9.10. The maximum atomic E-state index is 12.2. The smallest absolute Gasteiger partial charge is 0.317 e. The number of urea groups is 1. The average Bonchev–Trinajstić information content (AvgIpc) is 2.80. The second-order valence-corrected chi connectivity index (χ2v) is 6.31. The van der Waals surface area contributed by atoms with Crippen molar-refractivity contribution >= 4 is 22.0 Å². The monoisotopic (exact) mass is 341 g/mol. The molecule has 5 nitrogen and oxygen atoms in total. The lowest BCUT2D eigenvalue weighted by Gasteiger charge is -2.20. The standard InChI is InChI=1S/C14H20BrN3O2/c1-9-6-18(7-11(9)8-19)14(20)17-10(2)13-4-3-12(15)5-16-13/h3-5,9-11,19H,6-8H2,1-2H3,(H,17,20)/t9-,10-,11+/m1/s1. The largest absolute Gasteiger partial charge is 0.396 e. The van der Waals surface area contributed by atoms with Gasteiger partial charge in [-0.3, -0.25) is 4.98 Å². The fraction of sp³-hybridized carbons (Fsp3) is 0.571. The van der Waals surface area contributed by atoms with Crippen LogP contribution >= 0.6 is 15.9 Å². The Morgan fingerprint density at radius 3 is 2.90 bits per heavy atom. The zero-order valence-corrected chi connectivity index (χ0v) is 13.3. The Kier molecular flexibility index (Phi) is 4.99. The van der Waals surface area contributed by atoms with Gasteiger partial charge in [0, 0.05) is 36.3 Å². The van der Waals surface area contributed by atoms with Gasteiger partial charge in [-0.25, -0.2) is 4.79 Å². The summed E-state index contributed by atoms with van der Waals surface area (Å²) in [5, 5.41) is 12.2. The number of hydrogen-bond donors (Lipinski definition) is 2. The molecule has 1 aromatic rings. The van der Waals surface area contributed by atoms with Crippen molar-refractivity contribution in [3.05, 3.63) is 28.5 Å². The first-order chi connectivity index (χ1) is 9.51. The van der Waals surface area contributed by atoms with E-state index in [1.165, 1.54) is 0 Å². The quantitative estimate of drug-likeness (QED) is 0.885. The normalized spacial score (nSPS) is 23.7. The Balaban J connectivity index is 1.93. The van der Waals surface area contributed by atoms with E-state index in [4.69, 9.17) is 0 Å². The number of aromatic nitrogens is 1. The van der Waals surface area contributed by atoms with Gasteiger partial charge in [-0.2, -0.15) is 0 Å². The van der Waals surface area contributed by atoms with E-state index in [0.717, 1.165) is 10.2 Å². The molecule has 6 heteroatoms. The highest BCUT2D eigenvalue weighted by Crippen LogP contribution is 2.23. The van der Waals surface area contributed by atoms with Crippen LogP contribution in [0, 0.1) is 11.8 Å². The molecule has 0 spiro atoms. The molecule has 0 radical (unpaired) electrons. The lowest BCUT2D eigenvalue weighted by molar-refractivity contribution is 0.193. The molecular formula is C14H20BrN3O2. The number of amides is 2. The lowest BCUT2D eigenvalue weighted by Crippen LogP contribution is -2.40. The molecule has 2 N–H and O–H groups in total. The third kappa shape index (κ3) is 3.49. The van der Waals surface area contributed by atoms with Gasteiger partial charge in [-0.15, -0.1) is 0 Å². The highest BCUT2D eigenvalue weighted by Gasteiger charge is 2.32. The average molecular weight is 342 g/mol. The minimum absolute atomic E-state index is 0.0926. The van der Waals surface area contributed by atoms with E-state index in [1.54, 1.807) is 11.1 Å². The molecule has 0 saturated carbocycles. The Bertz CT molecular complexity index is 466. The number of hydrogen-bond acceptors (Lipinski definition) is 3. The van der Waals surface area contributed by atoms with Gasteiger partial charge in [0.25, 0.3) is 0 Å². The molecule has 0 aromatic carbocycles. The molecule has 2 rings (SSSR count). The Hall–Kier alpha value is -1.14. The summed E-state index contributed by atoms with van der Waals surface area (Å²) in [6.07, 6.45) is 1.72. The second-order valence-electron chi connectivity index (χ2n) is 5.40. The summed E-state index contributed by atoms with van der Waals surface area (Å²) in [7, 11) is 0. The molecule has 0 unspecified atom stereocenters. The van der Waals surface area contributed by atoms with Crippen molar-refractivity contribution in [2.75, 3.05) is 19.7 Å². The molecule has 0 aliphatic carbocycles. The number of nitrogens with zero attached hydrogens (tertiary/aromatic N) is 2. The predicted molar refractivity (Wildman–Crippen MR) is 80.2 cm³/mol. The maximum Gasteiger partial charge on any atom is 0.317 e. The van der Waals surface area contributed by atoms with Crippen LogP contribution in [0.1, 0.15) is 25.6 Å². The van der Waals surface area contributed by atoms with E-state index < -0.39 is 0 Å². The lowest BCUT2D eigenvalue weighted by atomic mass is 10.00. The predicted octanol–water partition coefficient (Wildman–Crippen LogP) is 2.17. The van der Waals surface area contributed by atoms with E-state index >= 15 is 0 Å². The Morgan fingerprint density at radius 2 is 2.35 bits per heavy atom. The van der Waals surface area contributed by atoms with Crippen LogP contribution in [0.2, 0.25) is 0 Å². The van der Waals surface area contributed by atoms with Gasteiger partial charge in [-0.1, -0.05) is 6.92 Å². The molecule has 1 saturated heterocycles. The summed E-state index contributed by atoms with van der Waals surface area (Å²) in [5.41, 5.74) is 0.826. The first-order valence-electron chi connectivity index (χ1n) is 6.79. The third-order valence-corrected chi connectivity index (χ3v) is 4.29. The van der Waals surface area contributed by atoms with Crippen LogP contribution in [0.3, 0.4) is 0 Å². The van der Waals surface area contributed by atoms with Crippen molar-refractivity contribution in [2.45, 2.75) is 19.9 Å². The number of rotatable bonds is 3. The van der Waals surface area contributed by atoms with Gasteiger partial charge in [0.1, 0.15) is 0 Å². The molecule has 2 amide bonds. The van der Waals surface area contributed by atoms with Crippen LogP contribution in [0.5, 0.6) is 0 Å². The van der Waals surface area contributed by atoms with Crippen molar-refractivity contribution in [1.82, 2.24) is 15.2 Å². The first-order valence-corrected chi connectivity index (χ1v) is 7.58. The van der Waals surface area contributed by atoms with E-state index in [0.29, 0.717) is 19.0 Å². The number of likely N-dealkylation sites (tertiary alicyclic amines) is 1. The molecule has 20 heavy (non-hydrogen) atoms. The van der Waals surface area contributed by atoms with Crippen LogP contribution in [0.4, 0.5) is 4.79 Å². The zero-order valence-electron chi connectivity index (χ0n) is 11.7. The van der Waals surface area contributed by atoms with Crippen molar-refractivity contribution in [2.24, 2.45) is 11.8 Å². The van der Waals surface area contributed by atoms with E-state index in [9.17, 15) is 9.90 Å². The van der Waals surface area contributed by atoms with Crippen molar-refractivity contribution in [3.63, 3.8) is 0 Å². The fourth-order valence-corrected chi connectivity index (χ4v) is 2.67. The first kappa shape index (κ1) is 15.3. The third-order valence-electron chi connectivity index (χ3n) is 3.82. The molecule has 2 heterocycles. The minimum Gasteiger partial charge on any atom is -0.396 e. The zero-order chi connectivity index (χ0) is 14.7. The number of halogens is 1. The van der Waals surface area contributed by atoms with Crippen molar-refractivity contribution in [1.29, 1.82) is 0 Å². The van der Waals surface area contributed by atoms with E-state index in [1.807, 2.05) is 19.1 Å². The number of pyridine rings is 1. The SMILES string of the molecule is C[C@@H]1CN(C(=O)N[C@H](C)c2ccc(Br)cn2)C[C@H]1CO. The van der Waals surface area contributed by atoms with Crippen LogP contribution in [0.25, 0.3) is 0 Å². The second kappa shape index (κ2) is 6.54. The molecule has 3 atom stereocenters. The Morgan fingerprint density at radius 1 is 1.60 bits per heavy atom. The molecule has 110 valence electrons. The van der Waals surface area contributed by atoms with Gasteiger partial charge < -0.3 is 15.3 Å². The topological polar surface area (TPSA) is 65.5 Å². The summed E-state index contributed by atoms with van der Waals surface area (Å²) in [5.74, 6) is 0.522. The summed E-state index contributed by atoms with van der Waals surface area (Å²) < 4.78 is 0.916. The molecule has 0 bridgehead atoms. The molecule has 1 aliphatic rings. The van der Waals surface area contributed by atoms with Gasteiger partial charge in [-0.05, 0) is 40.9 Å². The van der Waals surface area contributed by atoms with E-state index in [-0.39, 0.29) is 24.6 Å². The molecular weight excluding hydrogens is 322 g/mol. The van der Waals surface area contributed by atoms with Crippen molar-refractivity contribution in [3.8, 4) is 0 Å². The highest BCUT2D eigenvalue weighted by atomic mass is 79.9. The summed E-state index contributed by atoms with van der Waals surface area (Å²) in [6, 6.07) is 3.56. The van der Waals surface area contributed by atoms with E-state index in [2.05, 4.69) is 33.2 Å². The van der Waals surface area contributed by atoms with Gasteiger partial charge >= 0.3 is 6.03 Å². The summed E-state index contributed by atoms with van der Waals surface area (Å²) in [6.45, 7) is 5.42. The van der Waals surface area contributed by atoms with Crippen LogP contribution in [-0.4, -0.2) is 40.7 Å². The molecule has 1 fully saturated rings. The number of aliphatic hydroxyl groups excluding tert-OH is 1. The maximum absolute atomic E-state index is 12.2. The van der Waals surface area contributed by atoms with Crippen LogP contribution in [-0.2, 0) is 0 Å². The Labute approximate surface area is 127 Å². The number of nitrogens with one attached hydrogen (secondary N) is 1. The van der Waals surface area contributed by atoms with Gasteiger partial charge in [0.15, 0.2) is 0 Å². The van der Waals surface area contributed by atoms with Crippen molar-refractivity contribution < 1.29 is 9.90 Å². The summed E-state index contributed by atoms with van der Waals surface area (Å²) in [4.78, 5) is 18.2. The summed E-state index contributed by atoms with van der Waals surface area (Å²) >= 11 is 3.34. The minimum atomic E-state index is -0.140. The van der Waals surface area contributed by atoms with Gasteiger partial charge in [0.2, 0.25) is 0 Å². The van der Waals surface area contributed by atoms with Crippen LogP contribution in [0.15, 0.2) is 22.8 Å². The number of carbonyl (C=O) groups is 1. The fourth-order valence-electron chi connectivity index (χ4n) is 2.43. The number of carbonyl (C=O) groups excluding carboxylic acids is 1. The molecule has 1 aromatic heterocycles. The van der Waals surface area contributed by atoms with Gasteiger partial charge in [0.05, 0.1) is 11.7 Å². The molecule has 1 aliphatic heterocycles.